The van der Waals surface area contributed by atoms with Crippen molar-refractivity contribution in [3.05, 3.63) is 42.0 Å². The Morgan fingerprint density at radius 2 is 2.10 bits per heavy atom. The highest BCUT2D eigenvalue weighted by molar-refractivity contribution is 5.93. The molecule has 0 radical (unpaired) electrons. The summed E-state index contributed by atoms with van der Waals surface area (Å²) in [6, 6.07) is 2.80. The Labute approximate surface area is 120 Å². The van der Waals surface area contributed by atoms with Gasteiger partial charge in [-0.25, -0.2) is 8.78 Å². The van der Waals surface area contributed by atoms with Crippen molar-refractivity contribution in [1.29, 1.82) is 0 Å². The van der Waals surface area contributed by atoms with Crippen LogP contribution in [0.3, 0.4) is 0 Å². The van der Waals surface area contributed by atoms with Crippen molar-refractivity contribution in [3.8, 4) is 0 Å². The molecule has 0 aromatic heterocycles. The number of allylic oxidation sites excluding steroid dienone is 2. The van der Waals surface area contributed by atoms with E-state index in [1.165, 1.54) is 0 Å². The van der Waals surface area contributed by atoms with E-state index in [9.17, 15) is 18.4 Å². The van der Waals surface area contributed by atoms with E-state index in [0.29, 0.717) is 18.9 Å². The average molecular weight is 295 g/mol. The Kier molecular flexibility index (Phi) is 5.03. The second-order valence-electron chi connectivity index (χ2n) is 4.76. The van der Waals surface area contributed by atoms with Gasteiger partial charge in [0.25, 0.3) is 5.91 Å². The minimum absolute atomic E-state index is 0.155. The standard InChI is InChI=1S/C15H15F2NO3/c16-11-6-7-13(12(17)8-11)18-14(19)9-21-15(20)10-4-2-1-3-5-10/h1-2,6-8,10H,3-5,9H2,(H,18,19)/t10-/m1/s1. The molecule has 4 nitrogen and oxygen atoms in total. The highest BCUT2D eigenvalue weighted by atomic mass is 19.1. The highest BCUT2D eigenvalue weighted by Crippen LogP contribution is 2.19. The number of amides is 1. The van der Waals surface area contributed by atoms with Crippen LogP contribution in [-0.2, 0) is 14.3 Å². The van der Waals surface area contributed by atoms with Gasteiger partial charge >= 0.3 is 5.97 Å². The predicted molar refractivity (Wildman–Crippen MR) is 72.4 cm³/mol. The average Bonchev–Trinajstić information content (AvgIpc) is 2.48. The van der Waals surface area contributed by atoms with Gasteiger partial charge in [0.15, 0.2) is 6.61 Å². The van der Waals surface area contributed by atoms with Crippen molar-refractivity contribution >= 4 is 17.6 Å². The number of hydrogen-bond donors (Lipinski definition) is 1. The van der Waals surface area contributed by atoms with Gasteiger partial charge in [-0.3, -0.25) is 9.59 Å². The second kappa shape index (κ2) is 6.97. The van der Waals surface area contributed by atoms with Crippen molar-refractivity contribution in [2.45, 2.75) is 19.3 Å². The highest BCUT2D eigenvalue weighted by Gasteiger charge is 2.21. The number of anilines is 1. The molecular weight excluding hydrogens is 280 g/mol. The number of carbonyl (C=O) groups excluding carboxylic acids is 2. The van der Waals surface area contributed by atoms with Crippen LogP contribution in [0.5, 0.6) is 0 Å². The van der Waals surface area contributed by atoms with E-state index in [1.54, 1.807) is 0 Å². The van der Waals surface area contributed by atoms with E-state index in [0.717, 1.165) is 18.6 Å². The summed E-state index contributed by atoms with van der Waals surface area (Å²) in [4.78, 5) is 23.3. The fraction of sp³-hybridized carbons (Fsp3) is 0.333. The van der Waals surface area contributed by atoms with Crippen molar-refractivity contribution < 1.29 is 23.1 Å². The van der Waals surface area contributed by atoms with Crippen LogP contribution < -0.4 is 5.32 Å². The zero-order valence-electron chi connectivity index (χ0n) is 11.3. The maximum Gasteiger partial charge on any atom is 0.309 e. The topological polar surface area (TPSA) is 55.4 Å². The van der Waals surface area contributed by atoms with Gasteiger partial charge in [-0.05, 0) is 31.4 Å². The first-order valence-electron chi connectivity index (χ1n) is 6.63. The molecule has 0 aliphatic heterocycles. The Balaban J connectivity index is 1.81. The van der Waals surface area contributed by atoms with Crippen molar-refractivity contribution in [2.24, 2.45) is 5.92 Å². The first-order valence-corrected chi connectivity index (χ1v) is 6.63. The summed E-state index contributed by atoms with van der Waals surface area (Å²) in [6.45, 7) is -0.490. The second-order valence-corrected chi connectivity index (χ2v) is 4.76. The SMILES string of the molecule is O=C(COC(=O)[C@@H]1CC=CCC1)Nc1ccc(F)cc1F. The summed E-state index contributed by atoms with van der Waals surface area (Å²) in [5.41, 5.74) is -0.155. The lowest BCUT2D eigenvalue weighted by molar-refractivity contribution is -0.151. The molecule has 0 saturated carbocycles. The molecule has 2 rings (SSSR count). The molecule has 1 N–H and O–H groups in total. The number of hydrogen-bond acceptors (Lipinski definition) is 3. The number of halogens is 2. The Hall–Kier alpha value is -2.24. The molecule has 0 unspecified atom stereocenters. The van der Waals surface area contributed by atoms with Crippen molar-refractivity contribution in [2.75, 3.05) is 11.9 Å². The van der Waals surface area contributed by atoms with Crippen LogP contribution in [0.15, 0.2) is 30.4 Å². The number of nitrogens with one attached hydrogen (secondary N) is 1. The van der Waals surface area contributed by atoms with E-state index < -0.39 is 30.1 Å². The lowest BCUT2D eigenvalue weighted by Crippen LogP contribution is -2.25. The molecule has 21 heavy (non-hydrogen) atoms. The zero-order valence-corrected chi connectivity index (χ0v) is 11.3. The molecule has 0 saturated heterocycles. The fourth-order valence-electron chi connectivity index (χ4n) is 2.04. The first kappa shape index (κ1) is 15.2. The van der Waals surface area contributed by atoms with E-state index in [2.05, 4.69) is 5.32 Å². The van der Waals surface area contributed by atoms with Crippen LogP contribution in [0.2, 0.25) is 0 Å². The Morgan fingerprint density at radius 3 is 2.76 bits per heavy atom. The van der Waals surface area contributed by atoms with Crippen LogP contribution in [0.4, 0.5) is 14.5 Å². The van der Waals surface area contributed by atoms with E-state index >= 15 is 0 Å². The van der Waals surface area contributed by atoms with Crippen molar-refractivity contribution in [3.63, 3.8) is 0 Å². The summed E-state index contributed by atoms with van der Waals surface area (Å²) in [5, 5.41) is 2.22. The monoisotopic (exact) mass is 295 g/mol. The molecule has 0 spiro atoms. The van der Waals surface area contributed by atoms with Gasteiger partial charge in [0.05, 0.1) is 11.6 Å². The normalized spacial score (nSPS) is 17.3. The fourth-order valence-corrected chi connectivity index (χ4v) is 2.04. The molecule has 112 valence electrons. The van der Waals surface area contributed by atoms with Crippen LogP contribution in [0.1, 0.15) is 19.3 Å². The molecule has 1 atom stereocenters. The van der Waals surface area contributed by atoms with Gasteiger partial charge in [-0.15, -0.1) is 0 Å². The summed E-state index contributed by atoms with van der Waals surface area (Å²) in [6.07, 6.45) is 6.01. The summed E-state index contributed by atoms with van der Waals surface area (Å²) in [7, 11) is 0. The quantitative estimate of drug-likeness (QED) is 0.686. The maximum atomic E-state index is 13.3. The summed E-state index contributed by atoms with van der Waals surface area (Å²) >= 11 is 0. The van der Waals surface area contributed by atoms with Gasteiger partial charge in [0.1, 0.15) is 11.6 Å². The third kappa shape index (κ3) is 4.37. The van der Waals surface area contributed by atoms with Crippen molar-refractivity contribution in [1.82, 2.24) is 0 Å². The Morgan fingerprint density at radius 1 is 1.29 bits per heavy atom. The maximum absolute atomic E-state index is 13.3. The van der Waals surface area contributed by atoms with Crippen LogP contribution >= 0.6 is 0 Å². The third-order valence-corrected chi connectivity index (χ3v) is 3.15. The molecule has 0 heterocycles. The number of ether oxygens (including phenoxy) is 1. The molecule has 0 fully saturated rings. The number of carbonyl (C=O) groups is 2. The molecule has 0 bridgehead atoms. The molecule has 1 aliphatic rings. The number of rotatable bonds is 4. The zero-order chi connectivity index (χ0) is 15.2. The number of benzene rings is 1. The van der Waals surface area contributed by atoms with Crippen LogP contribution in [0, 0.1) is 17.6 Å². The molecule has 1 aliphatic carbocycles. The van der Waals surface area contributed by atoms with Gasteiger partial charge in [-0.2, -0.15) is 0 Å². The summed E-state index contributed by atoms with van der Waals surface area (Å²) < 4.78 is 30.9. The van der Waals surface area contributed by atoms with Gasteiger partial charge < -0.3 is 10.1 Å². The lowest BCUT2D eigenvalue weighted by Gasteiger charge is -2.16. The molecule has 1 aromatic rings. The molecule has 1 amide bonds. The van der Waals surface area contributed by atoms with E-state index in [1.807, 2.05) is 12.2 Å². The smallest absolute Gasteiger partial charge is 0.309 e. The number of esters is 1. The molecule has 1 aromatic carbocycles. The minimum atomic E-state index is -0.882. The van der Waals surface area contributed by atoms with E-state index in [4.69, 9.17) is 4.74 Å². The van der Waals surface area contributed by atoms with E-state index in [-0.39, 0.29) is 11.6 Å². The molecular formula is C15H15F2NO3. The van der Waals surface area contributed by atoms with Gasteiger partial charge in [0.2, 0.25) is 0 Å². The largest absolute Gasteiger partial charge is 0.455 e. The van der Waals surface area contributed by atoms with Gasteiger partial charge in [-0.1, -0.05) is 12.2 Å². The predicted octanol–water partition coefficient (Wildman–Crippen LogP) is 2.80. The van der Waals surface area contributed by atoms with Crippen LogP contribution in [0.25, 0.3) is 0 Å². The molecule has 6 heteroatoms. The van der Waals surface area contributed by atoms with Gasteiger partial charge in [0, 0.05) is 6.07 Å². The van der Waals surface area contributed by atoms with Crippen LogP contribution in [-0.4, -0.2) is 18.5 Å². The summed E-state index contributed by atoms with van der Waals surface area (Å²) in [5.74, 6) is -2.95. The minimum Gasteiger partial charge on any atom is -0.455 e. The third-order valence-electron chi connectivity index (χ3n) is 3.15. The Bertz CT molecular complexity index is 572. The lowest BCUT2D eigenvalue weighted by atomic mass is 9.95. The first-order chi connectivity index (χ1) is 10.1.